The van der Waals surface area contributed by atoms with Gasteiger partial charge in [0.25, 0.3) is 0 Å². The van der Waals surface area contributed by atoms with Crippen molar-refractivity contribution in [2.75, 3.05) is 12.4 Å². The number of ether oxygens (including phenoxy) is 1. The van der Waals surface area contributed by atoms with Gasteiger partial charge in [-0.3, -0.25) is 5.10 Å². The molecule has 0 spiro atoms. The smallest absolute Gasteiger partial charge is 0.130 e. The molecule has 2 aromatic rings. The molecule has 0 saturated heterocycles. The molecule has 7 nitrogen and oxygen atoms in total. The second-order valence-corrected chi connectivity index (χ2v) is 5.82. The van der Waals surface area contributed by atoms with Gasteiger partial charge < -0.3 is 15.8 Å². The molecule has 0 atom stereocenters. The molecule has 22 heavy (non-hydrogen) atoms. The van der Waals surface area contributed by atoms with Crippen LogP contribution in [0.25, 0.3) is 0 Å². The van der Waals surface area contributed by atoms with E-state index in [2.05, 4.69) is 25.5 Å². The third kappa shape index (κ3) is 3.42. The Hall–Kier alpha value is -1.99. The molecule has 2 heterocycles. The van der Waals surface area contributed by atoms with Gasteiger partial charge in [0.05, 0.1) is 24.5 Å². The zero-order valence-corrected chi connectivity index (χ0v) is 13.0. The molecule has 1 aliphatic rings. The number of hydrogen-bond acceptors (Lipinski definition) is 6. The van der Waals surface area contributed by atoms with Gasteiger partial charge in [-0.15, -0.1) is 0 Å². The lowest BCUT2D eigenvalue weighted by molar-refractivity contribution is 0.181. The van der Waals surface area contributed by atoms with Crippen molar-refractivity contribution in [2.24, 2.45) is 5.73 Å². The number of methoxy groups -OCH3 is 1. The number of nitrogens with one attached hydrogen (secondary N) is 2. The second kappa shape index (κ2) is 6.41. The minimum Gasteiger partial charge on any atom is -0.378 e. The van der Waals surface area contributed by atoms with Crippen LogP contribution in [-0.2, 0) is 17.9 Å². The van der Waals surface area contributed by atoms with Gasteiger partial charge in [-0.2, -0.15) is 5.10 Å². The Labute approximate surface area is 129 Å². The van der Waals surface area contributed by atoms with E-state index in [9.17, 15) is 0 Å². The van der Waals surface area contributed by atoms with Gasteiger partial charge in [0.2, 0.25) is 0 Å². The van der Waals surface area contributed by atoms with Crippen LogP contribution in [0.3, 0.4) is 0 Å². The first-order chi connectivity index (χ1) is 10.6. The zero-order valence-electron chi connectivity index (χ0n) is 13.0. The molecule has 0 aliphatic heterocycles. The van der Waals surface area contributed by atoms with Crippen LogP contribution in [0.4, 0.5) is 5.82 Å². The van der Waals surface area contributed by atoms with E-state index in [1.54, 1.807) is 7.11 Å². The average molecular weight is 302 g/mol. The zero-order chi connectivity index (χ0) is 15.5. The second-order valence-electron chi connectivity index (χ2n) is 5.82. The van der Waals surface area contributed by atoms with Crippen LogP contribution < -0.4 is 11.1 Å². The Bertz CT molecular complexity index is 635. The molecule has 1 saturated carbocycles. The number of anilines is 1. The highest BCUT2D eigenvalue weighted by Gasteiger charge is 2.28. The van der Waals surface area contributed by atoms with E-state index >= 15 is 0 Å². The van der Waals surface area contributed by atoms with Crippen LogP contribution >= 0.6 is 0 Å². The van der Waals surface area contributed by atoms with Crippen molar-refractivity contribution in [3.05, 3.63) is 35.0 Å². The molecule has 118 valence electrons. The maximum absolute atomic E-state index is 5.86. The largest absolute Gasteiger partial charge is 0.378 e. The fraction of sp³-hybridized carbons (Fsp3) is 0.533. The van der Waals surface area contributed by atoms with E-state index in [0.29, 0.717) is 25.1 Å². The summed E-state index contributed by atoms with van der Waals surface area (Å²) in [6.45, 7) is 3.06. The van der Waals surface area contributed by atoms with E-state index in [1.807, 2.05) is 19.1 Å². The molecule has 2 aromatic heterocycles. The maximum Gasteiger partial charge on any atom is 0.130 e. The van der Waals surface area contributed by atoms with Gasteiger partial charge in [-0.1, -0.05) is 0 Å². The fourth-order valence-corrected chi connectivity index (χ4v) is 2.70. The maximum atomic E-state index is 5.86. The average Bonchev–Trinajstić information content (AvgIpc) is 2.89. The minimum absolute atomic E-state index is 0.320. The van der Waals surface area contributed by atoms with E-state index in [4.69, 9.17) is 10.5 Å². The Balaban J connectivity index is 1.64. The summed E-state index contributed by atoms with van der Waals surface area (Å²) < 4.78 is 5.06. The number of H-pyrrole nitrogens is 1. The van der Waals surface area contributed by atoms with Gasteiger partial charge in [-0.05, 0) is 25.8 Å². The number of aromatic amines is 1. The molecular weight excluding hydrogens is 280 g/mol. The van der Waals surface area contributed by atoms with Crippen LogP contribution in [-0.4, -0.2) is 33.3 Å². The summed E-state index contributed by atoms with van der Waals surface area (Å²) in [6.07, 6.45) is 2.02. The molecular formula is C15H22N6O. The monoisotopic (exact) mass is 302 g/mol. The normalized spacial score (nSPS) is 20.7. The van der Waals surface area contributed by atoms with Crippen molar-refractivity contribution < 1.29 is 4.74 Å². The number of rotatable bonds is 6. The lowest BCUT2D eigenvalue weighted by Crippen LogP contribution is -2.35. The summed E-state index contributed by atoms with van der Waals surface area (Å²) in [4.78, 5) is 8.97. The standard InChI is InChI=1S/C15H22N6O/c1-9-18-14(10-3-11(16)4-10)6-15(19-9)17-7-12-5-13(8-22-2)21-20-12/h5-6,10-11H,3-4,7-8,16H2,1-2H3,(H,20,21)(H,17,18,19). The first kappa shape index (κ1) is 14.9. The molecule has 0 bridgehead atoms. The lowest BCUT2D eigenvalue weighted by atomic mass is 9.78. The molecule has 7 heteroatoms. The number of nitrogens with two attached hydrogens (primary N) is 1. The van der Waals surface area contributed by atoms with Crippen LogP contribution in [0.2, 0.25) is 0 Å². The van der Waals surface area contributed by atoms with Crippen LogP contribution in [0.1, 0.15) is 41.7 Å². The molecule has 0 amide bonds. The van der Waals surface area contributed by atoms with Gasteiger partial charge >= 0.3 is 0 Å². The molecule has 4 N–H and O–H groups in total. The topological polar surface area (TPSA) is 102 Å². The van der Waals surface area contributed by atoms with Gasteiger partial charge in [0.15, 0.2) is 0 Å². The molecule has 3 rings (SSSR count). The number of aromatic nitrogens is 4. The van der Waals surface area contributed by atoms with E-state index < -0.39 is 0 Å². The number of aryl methyl sites for hydroxylation is 1. The van der Waals surface area contributed by atoms with Crippen molar-refractivity contribution in [2.45, 2.75) is 44.9 Å². The predicted molar refractivity (Wildman–Crippen MR) is 83.3 cm³/mol. The van der Waals surface area contributed by atoms with Crippen LogP contribution in [0.5, 0.6) is 0 Å². The fourth-order valence-electron chi connectivity index (χ4n) is 2.70. The van der Waals surface area contributed by atoms with E-state index in [0.717, 1.165) is 41.6 Å². The highest BCUT2D eigenvalue weighted by atomic mass is 16.5. The number of hydrogen-bond donors (Lipinski definition) is 3. The summed E-state index contributed by atoms with van der Waals surface area (Å²) in [5.41, 5.74) is 8.84. The molecule has 0 radical (unpaired) electrons. The third-order valence-corrected chi connectivity index (χ3v) is 3.89. The summed E-state index contributed by atoms with van der Waals surface area (Å²) in [7, 11) is 1.66. The Morgan fingerprint density at radius 2 is 2.18 bits per heavy atom. The Kier molecular flexibility index (Phi) is 4.35. The van der Waals surface area contributed by atoms with E-state index in [1.165, 1.54) is 0 Å². The van der Waals surface area contributed by atoms with Gasteiger partial charge in [-0.25, -0.2) is 9.97 Å². The van der Waals surface area contributed by atoms with Crippen molar-refractivity contribution in [3.8, 4) is 0 Å². The van der Waals surface area contributed by atoms with Crippen molar-refractivity contribution in [1.82, 2.24) is 20.2 Å². The summed E-state index contributed by atoms with van der Waals surface area (Å²) >= 11 is 0. The summed E-state index contributed by atoms with van der Waals surface area (Å²) in [5.74, 6) is 2.09. The first-order valence-electron chi connectivity index (χ1n) is 7.51. The highest BCUT2D eigenvalue weighted by Crippen LogP contribution is 2.35. The van der Waals surface area contributed by atoms with Crippen molar-refractivity contribution >= 4 is 5.82 Å². The first-order valence-corrected chi connectivity index (χ1v) is 7.51. The molecule has 1 aliphatic carbocycles. The highest BCUT2D eigenvalue weighted by molar-refractivity contribution is 5.38. The molecule has 0 unspecified atom stereocenters. The lowest BCUT2D eigenvalue weighted by Gasteiger charge is -2.32. The minimum atomic E-state index is 0.320. The molecule has 1 fully saturated rings. The third-order valence-electron chi connectivity index (χ3n) is 3.89. The molecule has 0 aromatic carbocycles. The summed E-state index contributed by atoms with van der Waals surface area (Å²) in [6, 6.07) is 4.33. The number of nitrogens with zero attached hydrogens (tertiary/aromatic N) is 3. The predicted octanol–water partition coefficient (Wildman–Crippen LogP) is 1.47. The Morgan fingerprint density at radius 3 is 2.91 bits per heavy atom. The van der Waals surface area contributed by atoms with Gasteiger partial charge in [0, 0.05) is 30.8 Å². The van der Waals surface area contributed by atoms with Crippen molar-refractivity contribution in [1.29, 1.82) is 0 Å². The summed E-state index contributed by atoms with van der Waals surface area (Å²) in [5, 5.41) is 10.5. The van der Waals surface area contributed by atoms with Crippen LogP contribution in [0, 0.1) is 6.92 Å². The van der Waals surface area contributed by atoms with E-state index in [-0.39, 0.29) is 0 Å². The van der Waals surface area contributed by atoms with Gasteiger partial charge in [0.1, 0.15) is 11.6 Å². The Morgan fingerprint density at radius 1 is 1.36 bits per heavy atom. The SMILES string of the molecule is COCc1cc(CNc2cc(C3CC(N)C3)nc(C)n2)[nH]n1. The van der Waals surface area contributed by atoms with Crippen molar-refractivity contribution in [3.63, 3.8) is 0 Å². The van der Waals surface area contributed by atoms with Crippen LogP contribution in [0.15, 0.2) is 12.1 Å². The quantitative estimate of drug-likeness (QED) is 0.747.